The minimum atomic E-state index is -0.797. The van der Waals surface area contributed by atoms with E-state index in [9.17, 15) is 4.79 Å². The number of rotatable bonds is 5. The van der Waals surface area contributed by atoms with Crippen LogP contribution in [0.15, 0.2) is 4.52 Å². The second-order valence-electron chi connectivity index (χ2n) is 3.68. The molecule has 0 aliphatic heterocycles. The van der Waals surface area contributed by atoms with Crippen LogP contribution in [-0.2, 0) is 11.3 Å². The highest BCUT2D eigenvalue weighted by atomic mass is 16.5. The lowest BCUT2D eigenvalue weighted by Gasteiger charge is -2.10. The lowest BCUT2D eigenvalue weighted by molar-refractivity contribution is -0.137. The van der Waals surface area contributed by atoms with Crippen molar-refractivity contribution in [2.45, 2.75) is 39.8 Å². The molecule has 1 heterocycles. The van der Waals surface area contributed by atoms with Gasteiger partial charge < -0.3 is 14.9 Å². The summed E-state index contributed by atoms with van der Waals surface area (Å²) in [6.07, 6.45) is 0.114. The maximum atomic E-state index is 10.4. The predicted molar refractivity (Wildman–Crippen MR) is 54.5 cm³/mol. The van der Waals surface area contributed by atoms with E-state index >= 15 is 0 Å². The third-order valence-corrected chi connectivity index (χ3v) is 2.29. The third-order valence-electron chi connectivity index (χ3n) is 2.29. The Hall–Kier alpha value is -1.36. The minimum absolute atomic E-state index is 0.0591. The number of carboxylic acid groups (broad SMARTS) is 1. The summed E-state index contributed by atoms with van der Waals surface area (Å²) in [6, 6.07) is -0.0591. The van der Waals surface area contributed by atoms with Crippen molar-refractivity contribution < 1.29 is 14.4 Å². The number of carboxylic acids is 1. The lowest BCUT2D eigenvalue weighted by atomic mass is 10.2. The number of aryl methyl sites for hydroxylation is 2. The van der Waals surface area contributed by atoms with E-state index < -0.39 is 5.97 Å². The molecule has 0 aromatic carbocycles. The smallest absolute Gasteiger partial charge is 0.304 e. The summed E-state index contributed by atoms with van der Waals surface area (Å²) in [5.74, 6) is -0.0173. The number of hydrogen-bond donors (Lipinski definition) is 2. The molecule has 1 aromatic heterocycles. The first-order valence-corrected chi connectivity index (χ1v) is 4.87. The summed E-state index contributed by atoms with van der Waals surface area (Å²) >= 11 is 0. The fourth-order valence-corrected chi connectivity index (χ4v) is 1.36. The maximum Gasteiger partial charge on any atom is 0.304 e. The van der Waals surface area contributed by atoms with Gasteiger partial charge in [-0.15, -0.1) is 0 Å². The molecule has 0 radical (unpaired) electrons. The quantitative estimate of drug-likeness (QED) is 0.768. The van der Waals surface area contributed by atoms with Crippen molar-refractivity contribution in [1.29, 1.82) is 0 Å². The Bertz CT molecular complexity index is 327. The molecule has 5 nitrogen and oxygen atoms in total. The van der Waals surface area contributed by atoms with Gasteiger partial charge in [0.25, 0.3) is 0 Å². The van der Waals surface area contributed by atoms with Gasteiger partial charge >= 0.3 is 5.97 Å². The van der Waals surface area contributed by atoms with Gasteiger partial charge in [0.05, 0.1) is 12.1 Å². The molecule has 0 spiro atoms. The average molecular weight is 212 g/mol. The first kappa shape index (κ1) is 11.7. The first-order chi connectivity index (χ1) is 7.00. The van der Waals surface area contributed by atoms with Crippen LogP contribution >= 0.6 is 0 Å². The van der Waals surface area contributed by atoms with Gasteiger partial charge in [0, 0.05) is 18.2 Å². The molecule has 15 heavy (non-hydrogen) atoms. The highest BCUT2D eigenvalue weighted by molar-refractivity contribution is 5.67. The van der Waals surface area contributed by atoms with Gasteiger partial charge in [-0.3, -0.25) is 4.79 Å². The van der Waals surface area contributed by atoms with Gasteiger partial charge in [0.15, 0.2) is 0 Å². The summed E-state index contributed by atoms with van der Waals surface area (Å²) < 4.78 is 5.00. The molecular formula is C10H16N2O3. The van der Waals surface area contributed by atoms with Gasteiger partial charge in [-0.2, -0.15) is 0 Å². The van der Waals surface area contributed by atoms with E-state index in [0.29, 0.717) is 6.54 Å². The molecule has 5 heteroatoms. The van der Waals surface area contributed by atoms with E-state index in [4.69, 9.17) is 9.63 Å². The number of nitrogens with one attached hydrogen (secondary N) is 1. The van der Waals surface area contributed by atoms with Crippen LogP contribution in [0, 0.1) is 13.8 Å². The second-order valence-corrected chi connectivity index (χ2v) is 3.68. The Balaban J connectivity index is 2.46. The second kappa shape index (κ2) is 4.93. The molecule has 2 N–H and O–H groups in total. The van der Waals surface area contributed by atoms with Crippen LogP contribution in [0.1, 0.15) is 30.4 Å². The minimum Gasteiger partial charge on any atom is -0.481 e. The molecule has 0 saturated heterocycles. The van der Waals surface area contributed by atoms with E-state index in [1.807, 2.05) is 20.8 Å². The zero-order valence-corrected chi connectivity index (χ0v) is 9.20. The fourth-order valence-electron chi connectivity index (χ4n) is 1.36. The molecular weight excluding hydrogens is 196 g/mol. The fraction of sp³-hybridized carbons (Fsp3) is 0.600. The number of carbonyl (C=O) groups is 1. The van der Waals surface area contributed by atoms with Crippen LogP contribution in [0.4, 0.5) is 0 Å². The predicted octanol–water partition coefficient (Wildman–Crippen LogP) is 1.24. The summed E-state index contributed by atoms with van der Waals surface area (Å²) in [5.41, 5.74) is 1.86. The molecule has 0 aliphatic rings. The van der Waals surface area contributed by atoms with Crippen molar-refractivity contribution in [3.63, 3.8) is 0 Å². The molecule has 0 aliphatic carbocycles. The first-order valence-electron chi connectivity index (χ1n) is 4.87. The third kappa shape index (κ3) is 3.36. The topological polar surface area (TPSA) is 75.4 Å². The molecule has 1 aromatic rings. The summed E-state index contributed by atoms with van der Waals surface area (Å²) in [4.78, 5) is 10.4. The Morgan fingerprint density at radius 1 is 1.60 bits per heavy atom. The largest absolute Gasteiger partial charge is 0.481 e. The van der Waals surface area contributed by atoms with Crippen LogP contribution in [0.2, 0.25) is 0 Å². The van der Waals surface area contributed by atoms with Crippen molar-refractivity contribution in [3.05, 3.63) is 17.0 Å². The van der Waals surface area contributed by atoms with Crippen molar-refractivity contribution >= 4 is 5.97 Å². The number of nitrogens with zero attached hydrogens (tertiary/aromatic N) is 1. The molecule has 1 atom stereocenters. The normalized spacial score (nSPS) is 12.7. The monoisotopic (exact) mass is 212 g/mol. The van der Waals surface area contributed by atoms with E-state index in [2.05, 4.69) is 10.5 Å². The molecule has 0 bridgehead atoms. The van der Waals surface area contributed by atoms with Crippen molar-refractivity contribution in [3.8, 4) is 0 Å². The zero-order valence-electron chi connectivity index (χ0n) is 9.20. The molecule has 84 valence electrons. The van der Waals surface area contributed by atoms with E-state index in [0.717, 1.165) is 17.0 Å². The van der Waals surface area contributed by atoms with E-state index in [-0.39, 0.29) is 12.5 Å². The highest BCUT2D eigenvalue weighted by Gasteiger charge is 2.11. The van der Waals surface area contributed by atoms with Crippen molar-refractivity contribution in [2.75, 3.05) is 0 Å². The van der Waals surface area contributed by atoms with Crippen LogP contribution in [0.5, 0.6) is 0 Å². The van der Waals surface area contributed by atoms with Crippen molar-refractivity contribution in [1.82, 2.24) is 10.5 Å². The number of aliphatic carboxylic acids is 1. The Labute approximate surface area is 88.5 Å². The standard InChI is InChI=1S/C10H16N2O3/c1-6(4-10(13)14)11-5-9-7(2)12-15-8(9)3/h6,11H,4-5H2,1-3H3,(H,13,14). The Morgan fingerprint density at radius 2 is 2.27 bits per heavy atom. The van der Waals surface area contributed by atoms with Crippen LogP contribution in [-0.4, -0.2) is 22.3 Å². The molecule has 1 unspecified atom stereocenters. The Kier molecular flexibility index (Phi) is 3.85. The summed E-state index contributed by atoms with van der Waals surface area (Å²) in [6.45, 7) is 6.15. The van der Waals surface area contributed by atoms with Crippen LogP contribution < -0.4 is 5.32 Å². The van der Waals surface area contributed by atoms with Crippen LogP contribution in [0.3, 0.4) is 0 Å². The van der Waals surface area contributed by atoms with Gasteiger partial charge in [-0.25, -0.2) is 0 Å². The lowest BCUT2D eigenvalue weighted by Crippen LogP contribution is -2.28. The summed E-state index contributed by atoms with van der Waals surface area (Å²) in [7, 11) is 0. The zero-order chi connectivity index (χ0) is 11.4. The molecule has 0 amide bonds. The van der Waals surface area contributed by atoms with E-state index in [1.165, 1.54) is 0 Å². The molecule has 1 rings (SSSR count). The number of aromatic nitrogens is 1. The summed E-state index contributed by atoms with van der Waals surface area (Å²) in [5, 5.41) is 15.5. The molecule has 0 fully saturated rings. The van der Waals surface area contributed by atoms with Crippen LogP contribution in [0.25, 0.3) is 0 Å². The van der Waals surface area contributed by atoms with E-state index in [1.54, 1.807) is 0 Å². The van der Waals surface area contributed by atoms with Gasteiger partial charge in [-0.1, -0.05) is 5.16 Å². The van der Waals surface area contributed by atoms with Gasteiger partial charge in [-0.05, 0) is 20.8 Å². The van der Waals surface area contributed by atoms with Gasteiger partial charge in [0.1, 0.15) is 5.76 Å². The van der Waals surface area contributed by atoms with Gasteiger partial charge in [0.2, 0.25) is 0 Å². The molecule has 0 saturated carbocycles. The van der Waals surface area contributed by atoms with Crippen molar-refractivity contribution in [2.24, 2.45) is 0 Å². The SMILES string of the molecule is Cc1noc(C)c1CNC(C)CC(=O)O. The average Bonchev–Trinajstić information content (AvgIpc) is 2.42. The maximum absolute atomic E-state index is 10.4. The highest BCUT2D eigenvalue weighted by Crippen LogP contribution is 2.11. The number of hydrogen-bond acceptors (Lipinski definition) is 4. The Morgan fingerprint density at radius 3 is 2.73 bits per heavy atom.